The van der Waals surface area contributed by atoms with Gasteiger partial charge in [-0.05, 0) is 68.1 Å². The van der Waals surface area contributed by atoms with Gasteiger partial charge in [-0.2, -0.15) is 0 Å². The van der Waals surface area contributed by atoms with Crippen molar-refractivity contribution in [3.8, 4) is 11.5 Å². The van der Waals surface area contributed by atoms with Gasteiger partial charge in [0.2, 0.25) is 0 Å². The van der Waals surface area contributed by atoms with E-state index in [-0.39, 0.29) is 5.56 Å². The van der Waals surface area contributed by atoms with Crippen molar-refractivity contribution in [1.82, 2.24) is 9.88 Å². The van der Waals surface area contributed by atoms with E-state index in [2.05, 4.69) is 33.0 Å². The zero-order valence-electron chi connectivity index (χ0n) is 17.7. The maximum absolute atomic E-state index is 11.5. The highest BCUT2D eigenvalue weighted by molar-refractivity contribution is 5.90. The van der Waals surface area contributed by atoms with Crippen molar-refractivity contribution < 1.29 is 14.6 Å². The predicted octanol–water partition coefficient (Wildman–Crippen LogP) is 5.22. The van der Waals surface area contributed by atoms with Crippen molar-refractivity contribution in [2.24, 2.45) is 0 Å². The number of benzene rings is 2. The second-order valence-electron chi connectivity index (χ2n) is 8.93. The monoisotopic (exact) mass is 427 g/mol. The van der Waals surface area contributed by atoms with Gasteiger partial charge in [0, 0.05) is 30.9 Å². The van der Waals surface area contributed by atoms with E-state index in [9.17, 15) is 9.90 Å². The first-order valence-corrected chi connectivity index (χ1v) is 11.3. The molecule has 6 nitrogen and oxygen atoms in total. The highest BCUT2D eigenvalue weighted by atomic mass is 16.5. The van der Waals surface area contributed by atoms with Crippen LogP contribution in [0.3, 0.4) is 0 Å². The number of anilines is 2. The Hall–Kier alpha value is -3.38. The molecule has 1 N–H and O–H groups in total. The van der Waals surface area contributed by atoms with Gasteiger partial charge in [-0.15, -0.1) is 0 Å². The molecule has 32 heavy (non-hydrogen) atoms. The number of pyridine rings is 1. The molecule has 2 saturated heterocycles. The standard InChI is InChI=1S/C26H25N3O3/c30-26(31)17-8-11-23-25(13-17)32-24-7-2-1-6-22(24)29(23)21-14-19-9-10-20(15-21)28(19)16-18-5-3-4-12-27-18/h1-8,11-13,19-21H,9-10,14-16H2,(H,30,31). The summed E-state index contributed by atoms with van der Waals surface area (Å²) < 4.78 is 6.14. The minimum atomic E-state index is -0.942. The molecule has 6 heteroatoms. The summed E-state index contributed by atoms with van der Waals surface area (Å²) in [5, 5.41) is 9.44. The summed E-state index contributed by atoms with van der Waals surface area (Å²) in [6, 6.07) is 20.8. The lowest BCUT2D eigenvalue weighted by atomic mass is 9.93. The van der Waals surface area contributed by atoms with Gasteiger partial charge in [0.05, 0.1) is 22.6 Å². The number of para-hydroxylation sites is 2. The van der Waals surface area contributed by atoms with E-state index >= 15 is 0 Å². The van der Waals surface area contributed by atoms with Crippen molar-refractivity contribution in [3.63, 3.8) is 0 Å². The normalized spacial score (nSPS) is 23.9. The summed E-state index contributed by atoms with van der Waals surface area (Å²) >= 11 is 0. The zero-order chi connectivity index (χ0) is 21.7. The third kappa shape index (κ3) is 3.22. The maximum Gasteiger partial charge on any atom is 0.335 e. The Morgan fingerprint density at radius 2 is 1.69 bits per heavy atom. The van der Waals surface area contributed by atoms with Crippen LogP contribution in [0.4, 0.5) is 11.4 Å². The average Bonchev–Trinajstić information content (AvgIpc) is 3.04. The van der Waals surface area contributed by atoms with Gasteiger partial charge in [0.1, 0.15) is 0 Å². The van der Waals surface area contributed by atoms with Crippen molar-refractivity contribution in [3.05, 3.63) is 78.1 Å². The van der Waals surface area contributed by atoms with Gasteiger partial charge in [0.25, 0.3) is 0 Å². The van der Waals surface area contributed by atoms with Gasteiger partial charge in [-0.25, -0.2) is 4.79 Å². The average molecular weight is 428 g/mol. The number of hydrogen-bond donors (Lipinski definition) is 1. The molecule has 2 aromatic carbocycles. The molecular formula is C26H25N3O3. The lowest BCUT2D eigenvalue weighted by Gasteiger charge is -2.45. The minimum absolute atomic E-state index is 0.244. The highest BCUT2D eigenvalue weighted by Crippen LogP contribution is 2.51. The molecule has 3 aromatic rings. The van der Waals surface area contributed by atoms with Gasteiger partial charge < -0.3 is 14.7 Å². The first-order chi connectivity index (χ1) is 15.7. The fraction of sp³-hybridized carbons (Fsp3) is 0.308. The summed E-state index contributed by atoms with van der Waals surface area (Å²) in [5.74, 6) is 0.459. The number of piperidine rings is 1. The van der Waals surface area contributed by atoms with Gasteiger partial charge >= 0.3 is 5.97 Å². The SMILES string of the molecule is O=C(O)c1ccc2c(c1)Oc1ccccc1N2C1CC2CCC(C1)N2Cc1ccccn1. The number of ether oxygens (including phenoxy) is 1. The number of hydrogen-bond acceptors (Lipinski definition) is 5. The fourth-order valence-electron chi connectivity index (χ4n) is 5.71. The molecule has 0 aliphatic carbocycles. The van der Waals surface area contributed by atoms with E-state index in [1.54, 1.807) is 12.1 Å². The van der Waals surface area contributed by atoms with Crippen LogP contribution in [0.25, 0.3) is 0 Å². The molecule has 162 valence electrons. The summed E-state index contributed by atoms with van der Waals surface area (Å²) in [6.07, 6.45) is 6.43. The third-order valence-corrected chi connectivity index (χ3v) is 7.11. The topological polar surface area (TPSA) is 65.9 Å². The first kappa shape index (κ1) is 19.3. The Balaban J connectivity index is 1.33. The second-order valence-corrected chi connectivity index (χ2v) is 8.93. The summed E-state index contributed by atoms with van der Waals surface area (Å²) in [4.78, 5) is 21.1. The molecular weight excluding hydrogens is 402 g/mol. The molecule has 0 radical (unpaired) electrons. The third-order valence-electron chi connectivity index (χ3n) is 7.11. The number of aromatic carboxylic acids is 1. The maximum atomic E-state index is 11.5. The molecule has 2 bridgehead atoms. The first-order valence-electron chi connectivity index (χ1n) is 11.3. The summed E-state index contributed by atoms with van der Waals surface area (Å²) in [6.45, 7) is 0.904. The van der Waals surface area contributed by atoms with Gasteiger partial charge in [-0.3, -0.25) is 9.88 Å². The highest BCUT2D eigenvalue weighted by Gasteiger charge is 2.44. The number of carboxylic acids is 1. The quantitative estimate of drug-likeness (QED) is 0.616. The molecule has 0 amide bonds. The molecule has 3 aliphatic rings. The fourth-order valence-corrected chi connectivity index (χ4v) is 5.71. The lowest BCUT2D eigenvalue weighted by Crippen LogP contribution is -2.49. The van der Waals surface area contributed by atoms with Crippen LogP contribution in [0.1, 0.15) is 41.7 Å². The number of carboxylic acid groups (broad SMARTS) is 1. The molecule has 0 spiro atoms. The Kier molecular flexibility index (Phi) is 4.61. The van der Waals surface area contributed by atoms with Crippen LogP contribution >= 0.6 is 0 Å². The molecule has 2 atom stereocenters. The van der Waals surface area contributed by atoms with Crippen molar-refractivity contribution in [1.29, 1.82) is 0 Å². The largest absolute Gasteiger partial charge is 0.478 e. The molecule has 3 aliphatic heterocycles. The Bertz CT molecular complexity index is 1150. The zero-order valence-corrected chi connectivity index (χ0v) is 17.7. The van der Waals surface area contributed by atoms with Crippen LogP contribution in [-0.4, -0.2) is 39.1 Å². The van der Waals surface area contributed by atoms with Crippen LogP contribution < -0.4 is 9.64 Å². The number of aromatic nitrogens is 1. The van der Waals surface area contributed by atoms with E-state index < -0.39 is 5.97 Å². The molecule has 2 fully saturated rings. The Morgan fingerprint density at radius 3 is 2.44 bits per heavy atom. The summed E-state index contributed by atoms with van der Waals surface area (Å²) in [5.41, 5.74) is 3.39. The summed E-state index contributed by atoms with van der Waals surface area (Å²) in [7, 11) is 0. The molecule has 2 unspecified atom stereocenters. The number of fused-ring (bicyclic) bond motifs is 4. The van der Waals surface area contributed by atoms with E-state index in [0.717, 1.165) is 42.2 Å². The molecule has 6 rings (SSSR count). The predicted molar refractivity (Wildman–Crippen MR) is 122 cm³/mol. The number of rotatable bonds is 4. The number of nitrogens with zero attached hydrogens (tertiary/aromatic N) is 3. The second kappa shape index (κ2) is 7.64. The van der Waals surface area contributed by atoms with Crippen molar-refractivity contribution >= 4 is 17.3 Å². The van der Waals surface area contributed by atoms with Crippen LogP contribution in [-0.2, 0) is 6.54 Å². The van der Waals surface area contributed by atoms with Crippen LogP contribution in [0.15, 0.2) is 66.9 Å². The van der Waals surface area contributed by atoms with Crippen LogP contribution in [0.5, 0.6) is 11.5 Å². The van der Waals surface area contributed by atoms with Crippen LogP contribution in [0, 0.1) is 0 Å². The van der Waals surface area contributed by atoms with Gasteiger partial charge in [0.15, 0.2) is 11.5 Å². The smallest absolute Gasteiger partial charge is 0.335 e. The number of carbonyl (C=O) groups is 1. The lowest BCUT2D eigenvalue weighted by molar-refractivity contribution is 0.0696. The Labute approximate surface area is 187 Å². The van der Waals surface area contributed by atoms with Crippen molar-refractivity contribution in [2.75, 3.05) is 4.90 Å². The van der Waals surface area contributed by atoms with E-state index in [1.807, 2.05) is 36.5 Å². The van der Waals surface area contributed by atoms with Gasteiger partial charge in [-0.1, -0.05) is 18.2 Å². The van der Waals surface area contributed by atoms with Crippen LogP contribution in [0.2, 0.25) is 0 Å². The molecule has 4 heterocycles. The van der Waals surface area contributed by atoms with E-state index in [0.29, 0.717) is 23.9 Å². The molecule has 0 saturated carbocycles. The molecule has 1 aromatic heterocycles. The van der Waals surface area contributed by atoms with E-state index in [1.165, 1.54) is 12.8 Å². The van der Waals surface area contributed by atoms with E-state index in [4.69, 9.17) is 4.74 Å². The Morgan fingerprint density at radius 1 is 0.938 bits per heavy atom. The minimum Gasteiger partial charge on any atom is -0.478 e. The van der Waals surface area contributed by atoms with Crippen molar-refractivity contribution in [2.45, 2.75) is 50.4 Å².